The Kier molecular flexibility index (Phi) is 63.8. The normalized spacial score (nSPS) is 14.8. The summed E-state index contributed by atoms with van der Waals surface area (Å²) in [5, 5.41) is 10.6. The van der Waals surface area contributed by atoms with Gasteiger partial charge >= 0.3 is 39.5 Å². The Bertz CT molecular complexity index is 2270. The molecule has 0 aliphatic carbocycles. The SMILES string of the molecule is CC/C=C\C/C=C\C/C=C\C/C=C\C/C=C\CC(=O)OCC(COP(=O)(O)OCC(O)COP(=O)(O)OCC(COC(=O)CCCCCC/C=C\C/C=C\C/C=C\C/C=C\CC)OC(=O)CCCCCCCCCCCCC)OC(=O)CCCCCCC/C=C\CCCC. The van der Waals surface area contributed by atoms with E-state index in [9.17, 15) is 43.2 Å². The van der Waals surface area contributed by atoms with Gasteiger partial charge in [0.05, 0.1) is 32.8 Å². The van der Waals surface area contributed by atoms with E-state index in [0.717, 1.165) is 141 Å². The van der Waals surface area contributed by atoms with Gasteiger partial charge in [0.2, 0.25) is 0 Å². The Morgan fingerprint density at radius 3 is 0.989 bits per heavy atom. The van der Waals surface area contributed by atoms with Crippen LogP contribution < -0.4 is 0 Å². The summed E-state index contributed by atoms with van der Waals surface area (Å²) in [7, 11) is -9.97. The molecule has 5 unspecified atom stereocenters. The van der Waals surface area contributed by atoms with E-state index in [1.807, 2.05) is 18.2 Å². The number of hydrogen-bond acceptors (Lipinski definition) is 15. The molecule has 0 saturated heterocycles. The number of ether oxygens (including phenoxy) is 4. The van der Waals surface area contributed by atoms with Gasteiger partial charge in [-0.1, -0.05) is 258 Å². The number of carbonyl (C=O) groups excluding carboxylic acids is 4. The van der Waals surface area contributed by atoms with Gasteiger partial charge in [0.25, 0.3) is 0 Å². The van der Waals surface area contributed by atoms with E-state index in [0.29, 0.717) is 25.7 Å². The highest BCUT2D eigenvalue weighted by Crippen LogP contribution is 2.45. The van der Waals surface area contributed by atoms with Crippen LogP contribution in [0.5, 0.6) is 0 Å². The molecule has 94 heavy (non-hydrogen) atoms. The van der Waals surface area contributed by atoms with Crippen molar-refractivity contribution in [3.63, 3.8) is 0 Å². The highest BCUT2D eigenvalue weighted by molar-refractivity contribution is 7.47. The van der Waals surface area contributed by atoms with Crippen LogP contribution in [-0.2, 0) is 65.4 Å². The van der Waals surface area contributed by atoms with Gasteiger partial charge in [0.1, 0.15) is 19.3 Å². The fourth-order valence-electron chi connectivity index (χ4n) is 9.03. The molecule has 0 aromatic heterocycles. The summed E-state index contributed by atoms with van der Waals surface area (Å²) in [6.45, 7) is 4.42. The number of unbranched alkanes of at least 4 members (excludes halogenated alkanes) is 21. The molecule has 19 heteroatoms. The first kappa shape index (κ1) is 89.5. The zero-order chi connectivity index (χ0) is 69.0. The maximum absolute atomic E-state index is 13.0. The average molecular weight is 1360 g/mol. The lowest BCUT2D eigenvalue weighted by atomic mass is 10.1. The fraction of sp³-hybridized carbons (Fsp3) is 0.680. The lowest BCUT2D eigenvalue weighted by molar-refractivity contribution is -0.161. The third-order valence-electron chi connectivity index (χ3n) is 14.5. The smallest absolute Gasteiger partial charge is 0.462 e. The second kappa shape index (κ2) is 67.0. The number of hydrogen-bond donors (Lipinski definition) is 3. The van der Waals surface area contributed by atoms with Crippen molar-refractivity contribution in [2.45, 2.75) is 290 Å². The molecule has 0 aliphatic heterocycles. The van der Waals surface area contributed by atoms with E-state index in [1.54, 1.807) is 6.08 Å². The number of allylic oxidation sites excluding steroid dienone is 19. The average Bonchev–Trinajstić information content (AvgIpc) is 1.24. The molecule has 0 radical (unpaired) electrons. The highest BCUT2D eigenvalue weighted by Gasteiger charge is 2.30. The quantitative estimate of drug-likeness (QED) is 0.0169. The summed E-state index contributed by atoms with van der Waals surface area (Å²) >= 11 is 0. The Hall–Kier alpha value is -4.54. The molecule has 538 valence electrons. The van der Waals surface area contributed by atoms with E-state index >= 15 is 0 Å². The molecule has 0 fully saturated rings. The summed E-state index contributed by atoms with van der Waals surface area (Å²) in [5.41, 5.74) is 0. The van der Waals surface area contributed by atoms with E-state index in [2.05, 4.69) is 125 Å². The first-order chi connectivity index (χ1) is 45.7. The number of rotatable bonds is 66. The minimum absolute atomic E-state index is 0.0628. The Morgan fingerprint density at radius 1 is 0.319 bits per heavy atom. The molecule has 17 nitrogen and oxygen atoms in total. The summed E-state index contributed by atoms with van der Waals surface area (Å²) in [5.74, 6) is -2.36. The third-order valence-corrected chi connectivity index (χ3v) is 16.4. The first-order valence-electron chi connectivity index (χ1n) is 35.8. The summed E-state index contributed by atoms with van der Waals surface area (Å²) < 4.78 is 68.1. The van der Waals surface area contributed by atoms with Crippen LogP contribution >= 0.6 is 15.6 Å². The zero-order valence-electron chi connectivity index (χ0n) is 58.3. The third kappa shape index (κ3) is 66.1. The molecule has 0 aliphatic rings. The second-order valence-electron chi connectivity index (χ2n) is 23.4. The van der Waals surface area contributed by atoms with Crippen molar-refractivity contribution < 1.29 is 80.2 Å². The van der Waals surface area contributed by atoms with Crippen molar-refractivity contribution in [1.82, 2.24) is 0 Å². The van der Waals surface area contributed by atoms with Crippen LogP contribution in [-0.4, -0.2) is 96.7 Å². The van der Waals surface area contributed by atoms with E-state index in [4.69, 9.17) is 37.0 Å². The standard InChI is InChI=1S/C75H126O17P2/c1-5-9-13-17-21-25-29-31-33-34-36-38-42-44-48-52-56-60-73(78)86-66-71(92-75(80)62-58-54-50-46-40-28-24-20-16-12-8-4)68-90-94(83,84)88-64-69(76)63-87-93(81,82)89-67-70(91-74(79)61-57-53-49-45-39-27-23-19-15-11-7-3)65-85-72(77)59-55-51-47-43-41-37-35-32-30-26-22-18-14-10-6-2/h9-10,13-14,19,21-23,25-26,31-33,35-36,38,41,43,51,55,69-71,76H,5-8,11-12,15-18,20,24,27-30,34,37,39-40,42,44-50,52-54,56-68H2,1-4H3,(H,81,82)(H,83,84)/b13-9-,14-10-,23-19-,25-21-,26-22-,33-31-,35-32-,38-36-,43-41-,55-51-. The van der Waals surface area contributed by atoms with Gasteiger partial charge in [-0.25, -0.2) is 9.13 Å². The lowest BCUT2D eigenvalue weighted by Crippen LogP contribution is -2.30. The number of phosphoric ester groups is 2. The number of carbonyl (C=O) groups is 4. The first-order valence-corrected chi connectivity index (χ1v) is 38.8. The van der Waals surface area contributed by atoms with Crippen LogP contribution in [0.25, 0.3) is 0 Å². The van der Waals surface area contributed by atoms with Gasteiger partial charge in [0.15, 0.2) is 12.2 Å². The maximum atomic E-state index is 13.0. The number of phosphoric acid groups is 2. The fourth-order valence-corrected chi connectivity index (χ4v) is 10.6. The number of esters is 4. The maximum Gasteiger partial charge on any atom is 0.472 e. The number of aliphatic hydroxyl groups excluding tert-OH is 1. The van der Waals surface area contributed by atoms with Gasteiger partial charge in [-0.05, 0) is 109 Å². The van der Waals surface area contributed by atoms with Crippen molar-refractivity contribution >= 4 is 39.5 Å². The van der Waals surface area contributed by atoms with Crippen LogP contribution in [0.1, 0.15) is 272 Å². The Labute approximate surface area is 568 Å². The predicted octanol–water partition coefficient (Wildman–Crippen LogP) is 20.0. The molecule has 0 saturated carbocycles. The largest absolute Gasteiger partial charge is 0.472 e. The van der Waals surface area contributed by atoms with Crippen LogP contribution in [0.2, 0.25) is 0 Å². The predicted molar refractivity (Wildman–Crippen MR) is 381 cm³/mol. The molecule has 0 bridgehead atoms. The Morgan fingerprint density at radius 2 is 0.606 bits per heavy atom. The van der Waals surface area contributed by atoms with Crippen molar-refractivity contribution in [3.05, 3.63) is 122 Å². The van der Waals surface area contributed by atoms with Crippen molar-refractivity contribution in [1.29, 1.82) is 0 Å². The highest BCUT2D eigenvalue weighted by atomic mass is 31.2. The van der Waals surface area contributed by atoms with Crippen molar-refractivity contribution in [2.75, 3.05) is 39.6 Å². The second-order valence-corrected chi connectivity index (χ2v) is 26.3. The van der Waals surface area contributed by atoms with Crippen LogP contribution in [0.15, 0.2) is 122 Å². The monoisotopic (exact) mass is 1360 g/mol. The molecule has 0 amide bonds. The summed E-state index contributed by atoms with van der Waals surface area (Å²) in [6.07, 6.45) is 71.0. The zero-order valence-corrected chi connectivity index (χ0v) is 60.1. The molecule has 3 N–H and O–H groups in total. The van der Waals surface area contributed by atoms with Gasteiger partial charge in [-0.2, -0.15) is 0 Å². The molecular formula is C75H126O17P2. The molecule has 0 spiro atoms. The van der Waals surface area contributed by atoms with Gasteiger partial charge in [-0.3, -0.25) is 37.3 Å². The minimum atomic E-state index is -4.99. The van der Waals surface area contributed by atoms with Crippen LogP contribution in [0.3, 0.4) is 0 Å². The summed E-state index contributed by atoms with van der Waals surface area (Å²) in [4.78, 5) is 72.5. The van der Waals surface area contributed by atoms with Crippen molar-refractivity contribution in [2.24, 2.45) is 0 Å². The van der Waals surface area contributed by atoms with Crippen LogP contribution in [0, 0.1) is 0 Å². The van der Waals surface area contributed by atoms with Gasteiger partial charge < -0.3 is 33.8 Å². The minimum Gasteiger partial charge on any atom is -0.462 e. The van der Waals surface area contributed by atoms with E-state index < -0.39 is 97.5 Å². The lowest BCUT2D eigenvalue weighted by Gasteiger charge is -2.21. The molecule has 5 atom stereocenters. The van der Waals surface area contributed by atoms with Gasteiger partial charge in [-0.15, -0.1) is 0 Å². The molecule has 0 aromatic carbocycles. The molecule has 0 heterocycles. The molecule has 0 aromatic rings. The number of aliphatic hydroxyl groups is 1. The molecular weight excluding hydrogens is 1230 g/mol. The van der Waals surface area contributed by atoms with E-state index in [1.165, 1.54) is 51.4 Å². The Balaban J connectivity index is 5.38. The van der Waals surface area contributed by atoms with Crippen molar-refractivity contribution in [3.8, 4) is 0 Å². The topological polar surface area (TPSA) is 237 Å². The van der Waals surface area contributed by atoms with Crippen LogP contribution in [0.4, 0.5) is 0 Å². The van der Waals surface area contributed by atoms with E-state index in [-0.39, 0.29) is 25.7 Å². The molecule has 0 rings (SSSR count). The summed E-state index contributed by atoms with van der Waals surface area (Å²) in [6, 6.07) is 0. The van der Waals surface area contributed by atoms with Gasteiger partial charge in [0, 0.05) is 19.3 Å².